The molecule has 4 nitrogen and oxygen atoms in total. The highest BCUT2D eigenvalue weighted by atomic mass is 127. The lowest BCUT2D eigenvalue weighted by molar-refractivity contribution is 0.331. The molecule has 5 heteroatoms. The van der Waals surface area contributed by atoms with Gasteiger partial charge < -0.3 is 10.2 Å². The Kier molecular flexibility index (Phi) is 7.55. The monoisotopic (exact) mass is 456 g/mol. The summed E-state index contributed by atoms with van der Waals surface area (Å²) in [6.45, 7) is 11.3. The molecule has 0 atom stereocenters. The lowest BCUT2D eigenvalue weighted by atomic mass is 9.93. The van der Waals surface area contributed by atoms with Gasteiger partial charge >= 0.3 is 0 Å². The van der Waals surface area contributed by atoms with Crippen molar-refractivity contribution in [2.24, 2.45) is 10.4 Å². The highest BCUT2D eigenvalue weighted by molar-refractivity contribution is 14.0. The van der Waals surface area contributed by atoms with Gasteiger partial charge in [0, 0.05) is 33.2 Å². The third-order valence-corrected chi connectivity index (χ3v) is 5.27. The van der Waals surface area contributed by atoms with Crippen LogP contribution in [0.1, 0.15) is 44.2 Å². The van der Waals surface area contributed by atoms with Crippen LogP contribution in [0, 0.1) is 5.41 Å². The van der Waals surface area contributed by atoms with E-state index in [1.165, 1.54) is 43.5 Å². The highest BCUT2D eigenvalue weighted by Gasteiger charge is 2.30. The van der Waals surface area contributed by atoms with Crippen molar-refractivity contribution in [1.29, 1.82) is 0 Å². The molecule has 0 spiro atoms. The van der Waals surface area contributed by atoms with Crippen molar-refractivity contribution in [3.63, 3.8) is 0 Å². The van der Waals surface area contributed by atoms with Crippen molar-refractivity contribution >= 4 is 29.9 Å². The first-order valence-corrected chi connectivity index (χ1v) is 9.31. The molecule has 1 N–H and O–H groups in total. The Morgan fingerprint density at radius 3 is 2.28 bits per heavy atom. The van der Waals surface area contributed by atoms with Crippen molar-refractivity contribution in [2.45, 2.75) is 46.2 Å². The molecule has 0 aliphatic carbocycles. The predicted molar refractivity (Wildman–Crippen MR) is 117 cm³/mol. The fourth-order valence-corrected chi connectivity index (χ4v) is 3.77. The number of rotatable bonds is 4. The second kappa shape index (κ2) is 9.21. The molecule has 25 heavy (non-hydrogen) atoms. The van der Waals surface area contributed by atoms with Crippen molar-refractivity contribution < 1.29 is 0 Å². The molecule has 1 aromatic rings. The first kappa shape index (κ1) is 20.5. The van der Waals surface area contributed by atoms with E-state index in [9.17, 15) is 0 Å². The molecule has 2 heterocycles. The number of hydrogen-bond acceptors (Lipinski definition) is 2. The van der Waals surface area contributed by atoms with E-state index in [1.54, 1.807) is 0 Å². The normalized spacial score (nSPS) is 20.6. The maximum atomic E-state index is 4.46. The van der Waals surface area contributed by atoms with E-state index < -0.39 is 0 Å². The SMILES string of the molecule is CN=C(NCc1ccc(CN2CCCC2)cc1)N1CCC(C)(C)C1.I. The quantitative estimate of drug-likeness (QED) is 0.426. The van der Waals surface area contributed by atoms with Gasteiger partial charge in [-0.15, -0.1) is 24.0 Å². The van der Waals surface area contributed by atoms with Crippen LogP contribution >= 0.6 is 24.0 Å². The number of halogens is 1. The second-order valence-corrected chi connectivity index (χ2v) is 8.04. The first-order valence-electron chi connectivity index (χ1n) is 9.31. The Morgan fingerprint density at radius 2 is 1.72 bits per heavy atom. The summed E-state index contributed by atoms with van der Waals surface area (Å²) in [5, 5.41) is 3.52. The molecule has 0 saturated carbocycles. The summed E-state index contributed by atoms with van der Waals surface area (Å²) < 4.78 is 0. The summed E-state index contributed by atoms with van der Waals surface area (Å²) >= 11 is 0. The minimum Gasteiger partial charge on any atom is -0.352 e. The Morgan fingerprint density at radius 1 is 1.08 bits per heavy atom. The van der Waals surface area contributed by atoms with E-state index in [0.29, 0.717) is 5.41 Å². The van der Waals surface area contributed by atoms with Crippen LogP contribution in [0.5, 0.6) is 0 Å². The molecule has 1 aromatic carbocycles. The number of hydrogen-bond donors (Lipinski definition) is 1. The fourth-order valence-electron chi connectivity index (χ4n) is 3.77. The van der Waals surface area contributed by atoms with Gasteiger partial charge in [0.25, 0.3) is 0 Å². The van der Waals surface area contributed by atoms with Crippen LogP contribution in [-0.2, 0) is 13.1 Å². The molecule has 3 rings (SSSR count). The minimum absolute atomic E-state index is 0. The van der Waals surface area contributed by atoms with Gasteiger partial charge in [-0.25, -0.2) is 0 Å². The number of guanidine groups is 1. The molecule has 0 aromatic heterocycles. The van der Waals surface area contributed by atoms with E-state index in [4.69, 9.17) is 0 Å². The van der Waals surface area contributed by atoms with Gasteiger partial charge in [-0.1, -0.05) is 38.1 Å². The van der Waals surface area contributed by atoms with E-state index >= 15 is 0 Å². The fraction of sp³-hybridized carbons (Fsp3) is 0.650. The topological polar surface area (TPSA) is 30.9 Å². The Balaban J connectivity index is 0.00000225. The summed E-state index contributed by atoms with van der Waals surface area (Å²) in [6.07, 6.45) is 3.95. The maximum absolute atomic E-state index is 4.46. The zero-order valence-electron chi connectivity index (χ0n) is 15.9. The number of aliphatic imine (C=N–C) groups is 1. The summed E-state index contributed by atoms with van der Waals surface area (Å²) in [5.74, 6) is 1.03. The van der Waals surface area contributed by atoms with Crippen LogP contribution in [0.15, 0.2) is 29.3 Å². The lowest BCUT2D eigenvalue weighted by Gasteiger charge is -2.23. The van der Waals surface area contributed by atoms with Gasteiger partial charge in [0.15, 0.2) is 5.96 Å². The minimum atomic E-state index is 0. The Hall–Kier alpha value is -0.820. The molecule has 2 aliphatic heterocycles. The molecule has 0 unspecified atom stereocenters. The standard InChI is InChI=1S/C20H32N4.HI/c1-20(2)10-13-24(16-20)19(21-3)22-14-17-6-8-18(9-7-17)15-23-11-4-5-12-23;/h6-9H,4-5,10-16H2,1-3H3,(H,21,22);1H. The number of likely N-dealkylation sites (tertiary alicyclic amines) is 2. The van der Waals surface area contributed by atoms with Crippen LogP contribution < -0.4 is 5.32 Å². The van der Waals surface area contributed by atoms with Crippen LogP contribution in [0.2, 0.25) is 0 Å². The maximum Gasteiger partial charge on any atom is 0.193 e. The summed E-state index contributed by atoms with van der Waals surface area (Å²) in [6, 6.07) is 9.05. The Labute approximate surface area is 170 Å². The van der Waals surface area contributed by atoms with Gasteiger partial charge in [-0.2, -0.15) is 0 Å². The van der Waals surface area contributed by atoms with Crippen LogP contribution in [-0.4, -0.2) is 49.0 Å². The van der Waals surface area contributed by atoms with Crippen molar-refractivity contribution in [3.05, 3.63) is 35.4 Å². The van der Waals surface area contributed by atoms with Crippen molar-refractivity contribution in [1.82, 2.24) is 15.1 Å². The number of benzene rings is 1. The molecule has 140 valence electrons. The van der Waals surface area contributed by atoms with Crippen molar-refractivity contribution in [2.75, 3.05) is 33.2 Å². The first-order chi connectivity index (χ1) is 11.6. The lowest BCUT2D eigenvalue weighted by Crippen LogP contribution is -2.40. The second-order valence-electron chi connectivity index (χ2n) is 8.04. The van der Waals surface area contributed by atoms with E-state index in [1.807, 2.05) is 7.05 Å². The van der Waals surface area contributed by atoms with E-state index in [-0.39, 0.29) is 24.0 Å². The van der Waals surface area contributed by atoms with Gasteiger partial charge in [0.2, 0.25) is 0 Å². The number of nitrogens with one attached hydrogen (secondary N) is 1. The van der Waals surface area contributed by atoms with Crippen LogP contribution in [0.3, 0.4) is 0 Å². The smallest absolute Gasteiger partial charge is 0.193 e. The largest absolute Gasteiger partial charge is 0.352 e. The summed E-state index contributed by atoms with van der Waals surface area (Å²) in [4.78, 5) is 9.38. The molecular formula is C20H33IN4. The zero-order chi connectivity index (χ0) is 17.0. The molecule has 0 bridgehead atoms. The third kappa shape index (κ3) is 5.84. The molecule has 0 amide bonds. The van der Waals surface area contributed by atoms with Crippen LogP contribution in [0.25, 0.3) is 0 Å². The molecule has 0 radical (unpaired) electrons. The highest BCUT2D eigenvalue weighted by Crippen LogP contribution is 2.28. The van der Waals surface area contributed by atoms with Gasteiger partial charge in [-0.05, 0) is 48.9 Å². The van der Waals surface area contributed by atoms with E-state index in [0.717, 1.165) is 32.1 Å². The average molecular weight is 456 g/mol. The summed E-state index contributed by atoms with van der Waals surface area (Å²) in [5.41, 5.74) is 3.14. The van der Waals surface area contributed by atoms with Gasteiger partial charge in [0.1, 0.15) is 0 Å². The predicted octanol–water partition coefficient (Wildman–Crippen LogP) is 3.71. The summed E-state index contributed by atoms with van der Waals surface area (Å²) in [7, 11) is 1.88. The van der Waals surface area contributed by atoms with Gasteiger partial charge in [-0.3, -0.25) is 9.89 Å². The van der Waals surface area contributed by atoms with Gasteiger partial charge in [0.05, 0.1) is 0 Å². The van der Waals surface area contributed by atoms with E-state index in [2.05, 4.69) is 58.2 Å². The molecule has 2 aliphatic rings. The zero-order valence-corrected chi connectivity index (χ0v) is 18.3. The van der Waals surface area contributed by atoms with Crippen LogP contribution in [0.4, 0.5) is 0 Å². The Bertz CT molecular complexity index is 562. The third-order valence-electron chi connectivity index (χ3n) is 5.27. The molecule has 2 fully saturated rings. The molecule has 2 saturated heterocycles. The number of nitrogens with zero attached hydrogens (tertiary/aromatic N) is 3. The average Bonchev–Trinajstić information content (AvgIpc) is 3.19. The molecular weight excluding hydrogens is 423 g/mol. The van der Waals surface area contributed by atoms with Crippen molar-refractivity contribution in [3.8, 4) is 0 Å².